The standard InChI is InChI=1S/C12H14N2O5/c15-10(14-4-6-18-7-5-14)8-19-9-2-1-3-13-11(9)12(16)17/h1-3H,4-8H2,(H,16,17). The molecule has 0 unspecified atom stereocenters. The van der Waals surface area contributed by atoms with E-state index in [1.165, 1.54) is 12.3 Å². The van der Waals surface area contributed by atoms with Crippen LogP contribution in [0.15, 0.2) is 18.3 Å². The van der Waals surface area contributed by atoms with Crippen molar-refractivity contribution in [3.63, 3.8) is 0 Å². The molecule has 19 heavy (non-hydrogen) atoms. The molecule has 1 amide bonds. The first-order chi connectivity index (χ1) is 9.18. The second kappa shape index (κ2) is 6.14. The molecule has 7 nitrogen and oxygen atoms in total. The van der Waals surface area contributed by atoms with Crippen molar-refractivity contribution < 1.29 is 24.2 Å². The minimum atomic E-state index is -1.19. The summed E-state index contributed by atoms with van der Waals surface area (Å²) in [5.74, 6) is -1.28. The lowest BCUT2D eigenvalue weighted by Crippen LogP contribution is -2.43. The normalized spacial score (nSPS) is 15.1. The van der Waals surface area contributed by atoms with Gasteiger partial charge in [0.05, 0.1) is 13.2 Å². The van der Waals surface area contributed by atoms with Crippen molar-refractivity contribution in [1.29, 1.82) is 0 Å². The topological polar surface area (TPSA) is 89.0 Å². The third-order valence-corrected chi connectivity index (χ3v) is 2.69. The van der Waals surface area contributed by atoms with E-state index in [-0.39, 0.29) is 24.0 Å². The Hall–Kier alpha value is -2.15. The van der Waals surface area contributed by atoms with Crippen LogP contribution < -0.4 is 4.74 Å². The van der Waals surface area contributed by atoms with Gasteiger partial charge in [0, 0.05) is 19.3 Å². The molecule has 0 bridgehead atoms. The van der Waals surface area contributed by atoms with Crippen molar-refractivity contribution in [2.24, 2.45) is 0 Å². The van der Waals surface area contributed by atoms with Gasteiger partial charge in [0.15, 0.2) is 18.1 Å². The molecule has 2 heterocycles. The van der Waals surface area contributed by atoms with E-state index in [0.717, 1.165) is 0 Å². The predicted octanol–water partition coefficient (Wildman–Crippen LogP) is 0.0174. The van der Waals surface area contributed by atoms with Crippen molar-refractivity contribution in [3.05, 3.63) is 24.0 Å². The molecule has 1 N–H and O–H groups in total. The molecule has 102 valence electrons. The maximum absolute atomic E-state index is 11.8. The Labute approximate surface area is 109 Å². The largest absolute Gasteiger partial charge is 0.481 e. The van der Waals surface area contributed by atoms with Crippen molar-refractivity contribution in [1.82, 2.24) is 9.88 Å². The molecule has 1 aromatic rings. The van der Waals surface area contributed by atoms with Crippen LogP contribution in [0.3, 0.4) is 0 Å². The van der Waals surface area contributed by atoms with E-state index in [2.05, 4.69) is 4.98 Å². The number of rotatable bonds is 4. The molecular formula is C12H14N2O5. The van der Waals surface area contributed by atoms with Gasteiger partial charge < -0.3 is 19.5 Å². The number of pyridine rings is 1. The van der Waals surface area contributed by atoms with Gasteiger partial charge >= 0.3 is 5.97 Å². The average molecular weight is 266 g/mol. The number of hydrogen-bond donors (Lipinski definition) is 1. The summed E-state index contributed by atoms with van der Waals surface area (Å²) in [6.45, 7) is 1.88. The molecular weight excluding hydrogens is 252 g/mol. The van der Waals surface area contributed by atoms with Gasteiger partial charge in [0.25, 0.3) is 5.91 Å². The smallest absolute Gasteiger partial charge is 0.358 e. The van der Waals surface area contributed by atoms with Crippen LogP contribution in [0.5, 0.6) is 5.75 Å². The molecule has 1 aromatic heterocycles. The number of nitrogens with zero attached hydrogens (tertiary/aromatic N) is 2. The molecule has 1 saturated heterocycles. The first kappa shape index (κ1) is 13.3. The van der Waals surface area contributed by atoms with Crippen LogP contribution in [0.1, 0.15) is 10.5 Å². The monoisotopic (exact) mass is 266 g/mol. The summed E-state index contributed by atoms with van der Waals surface area (Å²) in [4.78, 5) is 28.1. The highest BCUT2D eigenvalue weighted by atomic mass is 16.5. The molecule has 1 aliphatic rings. The number of hydrogen-bond acceptors (Lipinski definition) is 5. The molecule has 0 aromatic carbocycles. The lowest BCUT2D eigenvalue weighted by molar-refractivity contribution is -0.137. The van der Waals surface area contributed by atoms with Gasteiger partial charge in [-0.25, -0.2) is 9.78 Å². The number of ether oxygens (including phenoxy) is 2. The highest BCUT2D eigenvalue weighted by molar-refractivity contribution is 5.88. The summed E-state index contributed by atoms with van der Waals surface area (Å²) in [7, 11) is 0. The van der Waals surface area contributed by atoms with E-state index < -0.39 is 5.97 Å². The van der Waals surface area contributed by atoms with E-state index in [1.54, 1.807) is 11.0 Å². The fourth-order valence-electron chi connectivity index (χ4n) is 1.71. The molecule has 0 saturated carbocycles. The Balaban J connectivity index is 1.94. The highest BCUT2D eigenvalue weighted by Gasteiger charge is 2.19. The highest BCUT2D eigenvalue weighted by Crippen LogP contribution is 2.15. The van der Waals surface area contributed by atoms with Crippen LogP contribution in [0.2, 0.25) is 0 Å². The van der Waals surface area contributed by atoms with Crippen molar-refractivity contribution in [2.45, 2.75) is 0 Å². The molecule has 7 heteroatoms. The minimum absolute atomic E-state index is 0.0941. The molecule has 1 fully saturated rings. The van der Waals surface area contributed by atoms with Crippen LogP contribution in [0.25, 0.3) is 0 Å². The number of aromatic nitrogens is 1. The van der Waals surface area contributed by atoms with Crippen LogP contribution in [0.4, 0.5) is 0 Å². The number of carboxylic acid groups (broad SMARTS) is 1. The first-order valence-corrected chi connectivity index (χ1v) is 5.85. The Morgan fingerprint density at radius 2 is 2.16 bits per heavy atom. The second-order valence-corrected chi connectivity index (χ2v) is 3.94. The maximum Gasteiger partial charge on any atom is 0.358 e. The SMILES string of the molecule is O=C(O)c1ncccc1OCC(=O)N1CCOCC1. The summed E-state index contributed by atoms with van der Waals surface area (Å²) in [6.07, 6.45) is 1.36. The van der Waals surface area contributed by atoms with Crippen molar-refractivity contribution >= 4 is 11.9 Å². The Morgan fingerprint density at radius 3 is 2.84 bits per heavy atom. The quantitative estimate of drug-likeness (QED) is 0.826. The summed E-state index contributed by atoms with van der Waals surface area (Å²) >= 11 is 0. The molecule has 0 atom stereocenters. The van der Waals surface area contributed by atoms with Gasteiger partial charge in [0.1, 0.15) is 0 Å². The van der Waals surface area contributed by atoms with Crippen LogP contribution in [0, 0.1) is 0 Å². The molecule has 2 rings (SSSR count). The zero-order chi connectivity index (χ0) is 13.7. The average Bonchev–Trinajstić information content (AvgIpc) is 2.46. The van der Waals surface area contributed by atoms with Gasteiger partial charge in [-0.1, -0.05) is 0 Å². The van der Waals surface area contributed by atoms with Gasteiger partial charge in [-0.3, -0.25) is 4.79 Å². The van der Waals surface area contributed by atoms with Crippen molar-refractivity contribution in [3.8, 4) is 5.75 Å². The summed E-state index contributed by atoms with van der Waals surface area (Å²) in [5, 5.41) is 8.93. The lowest BCUT2D eigenvalue weighted by atomic mass is 10.3. The third-order valence-electron chi connectivity index (χ3n) is 2.69. The number of carbonyl (C=O) groups excluding carboxylic acids is 1. The van der Waals surface area contributed by atoms with E-state index >= 15 is 0 Å². The van der Waals surface area contributed by atoms with E-state index in [4.69, 9.17) is 14.6 Å². The summed E-state index contributed by atoms with van der Waals surface area (Å²) in [6, 6.07) is 3.03. The summed E-state index contributed by atoms with van der Waals surface area (Å²) < 4.78 is 10.4. The van der Waals surface area contributed by atoms with E-state index in [9.17, 15) is 9.59 Å². The molecule has 1 aliphatic heterocycles. The number of morpholine rings is 1. The van der Waals surface area contributed by atoms with Crippen LogP contribution in [-0.2, 0) is 9.53 Å². The van der Waals surface area contributed by atoms with Crippen LogP contribution >= 0.6 is 0 Å². The van der Waals surface area contributed by atoms with Crippen molar-refractivity contribution in [2.75, 3.05) is 32.9 Å². The zero-order valence-electron chi connectivity index (χ0n) is 10.2. The lowest BCUT2D eigenvalue weighted by Gasteiger charge is -2.26. The van der Waals surface area contributed by atoms with E-state index in [1.807, 2.05) is 0 Å². The third kappa shape index (κ3) is 3.41. The number of aromatic carboxylic acids is 1. The number of carbonyl (C=O) groups is 2. The fraction of sp³-hybridized carbons (Fsp3) is 0.417. The molecule has 0 radical (unpaired) electrons. The predicted molar refractivity (Wildman–Crippen MR) is 64.1 cm³/mol. The Bertz CT molecular complexity index is 471. The fourth-order valence-corrected chi connectivity index (χ4v) is 1.71. The van der Waals surface area contributed by atoms with Gasteiger partial charge in [-0.05, 0) is 12.1 Å². The van der Waals surface area contributed by atoms with E-state index in [0.29, 0.717) is 26.3 Å². The zero-order valence-corrected chi connectivity index (χ0v) is 10.2. The summed E-state index contributed by atoms with van der Waals surface area (Å²) in [5.41, 5.74) is -0.197. The molecule has 0 spiro atoms. The Morgan fingerprint density at radius 1 is 1.42 bits per heavy atom. The Kier molecular flexibility index (Phi) is 4.30. The number of carboxylic acids is 1. The second-order valence-electron chi connectivity index (χ2n) is 3.94. The first-order valence-electron chi connectivity index (χ1n) is 5.85. The van der Waals surface area contributed by atoms with Gasteiger partial charge in [0.2, 0.25) is 0 Å². The van der Waals surface area contributed by atoms with Gasteiger partial charge in [-0.2, -0.15) is 0 Å². The van der Waals surface area contributed by atoms with Crippen LogP contribution in [-0.4, -0.2) is 59.8 Å². The maximum atomic E-state index is 11.8. The van der Waals surface area contributed by atoms with Gasteiger partial charge in [-0.15, -0.1) is 0 Å². The minimum Gasteiger partial charge on any atom is -0.481 e. The molecule has 0 aliphatic carbocycles. The number of amides is 1.